The molecule has 6 heteroatoms. The summed E-state index contributed by atoms with van der Waals surface area (Å²) in [5.41, 5.74) is 1.59. The zero-order chi connectivity index (χ0) is 16.9. The van der Waals surface area contributed by atoms with Crippen LogP contribution in [0.15, 0.2) is 48.5 Å². The summed E-state index contributed by atoms with van der Waals surface area (Å²) >= 11 is 0. The van der Waals surface area contributed by atoms with Crippen LogP contribution in [-0.2, 0) is 0 Å². The number of anilines is 3. The molecule has 0 amide bonds. The minimum atomic E-state index is -0.272. The first-order chi connectivity index (χ1) is 11.6. The maximum absolute atomic E-state index is 13.0. The number of para-hydroxylation sites is 1. The molecule has 2 aromatic carbocycles. The Bertz CT molecular complexity index is 817. The van der Waals surface area contributed by atoms with Gasteiger partial charge in [0, 0.05) is 24.2 Å². The van der Waals surface area contributed by atoms with Gasteiger partial charge in [0.15, 0.2) is 0 Å². The van der Waals surface area contributed by atoms with Gasteiger partial charge >= 0.3 is 0 Å². The van der Waals surface area contributed by atoms with E-state index in [-0.39, 0.29) is 5.82 Å². The highest BCUT2D eigenvalue weighted by atomic mass is 19.1. The number of benzene rings is 2. The Labute approximate surface area is 140 Å². The Balaban J connectivity index is 1.89. The monoisotopic (exact) mass is 325 g/mol. The summed E-state index contributed by atoms with van der Waals surface area (Å²) in [5, 5.41) is 7.46. The van der Waals surface area contributed by atoms with E-state index in [0.717, 1.165) is 35.5 Å². The highest BCUT2D eigenvalue weighted by Crippen LogP contribution is 2.23. The molecule has 5 nitrogen and oxygen atoms in total. The molecule has 0 saturated heterocycles. The number of hydrogen-bond donors (Lipinski definition) is 2. The summed E-state index contributed by atoms with van der Waals surface area (Å²) in [6, 6.07) is 14.0. The fourth-order valence-electron chi connectivity index (χ4n) is 2.33. The quantitative estimate of drug-likeness (QED) is 0.727. The van der Waals surface area contributed by atoms with Crippen LogP contribution in [0.3, 0.4) is 0 Å². The summed E-state index contributed by atoms with van der Waals surface area (Å²) in [4.78, 5) is 11.2. The van der Waals surface area contributed by atoms with E-state index < -0.39 is 0 Å². The summed E-state index contributed by atoms with van der Waals surface area (Å²) in [7, 11) is 4.06. The van der Waals surface area contributed by atoms with Gasteiger partial charge in [0.1, 0.15) is 11.6 Å². The maximum atomic E-state index is 13.0. The number of nitrogens with one attached hydrogen (secondary N) is 2. The van der Waals surface area contributed by atoms with Crippen LogP contribution in [0.5, 0.6) is 0 Å². The van der Waals surface area contributed by atoms with Crippen molar-refractivity contribution in [2.45, 2.75) is 0 Å². The van der Waals surface area contributed by atoms with E-state index >= 15 is 0 Å². The van der Waals surface area contributed by atoms with Crippen LogP contribution in [0.25, 0.3) is 10.9 Å². The predicted octanol–water partition coefficient (Wildman–Crippen LogP) is 3.49. The molecule has 0 aliphatic heterocycles. The van der Waals surface area contributed by atoms with Crippen molar-refractivity contribution >= 4 is 28.4 Å². The summed E-state index contributed by atoms with van der Waals surface area (Å²) in [6.07, 6.45) is 0. The van der Waals surface area contributed by atoms with E-state index in [4.69, 9.17) is 0 Å². The first kappa shape index (κ1) is 16.1. The lowest BCUT2D eigenvalue weighted by Crippen LogP contribution is -2.21. The summed E-state index contributed by atoms with van der Waals surface area (Å²) in [5.74, 6) is 0.991. The Hall–Kier alpha value is -2.73. The third-order valence-corrected chi connectivity index (χ3v) is 3.56. The largest absolute Gasteiger partial charge is 0.368 e. The second kappa shape index (κ2) is 7.23. The zero-order valence-electron chi connectivity index (χ0n) is 13.8. The van der Waals surface area contributed by atoms with Gasteiger partial charge in [-0.3, -0.25) is 0 Å². The van der Waals surface area contributed by atoms with Crippen molar-refractivity contribution < 1.29 is 4.39 Å². The second-order valence-corrected chi connectivity index (χ2v) is 5.77. The number of hydrogen-bond acceptors (Lipinski definition) is 5. The minimum Gasteiger partial charge on any atom is -0.368 e. The highest BCUT2D eigenvalue weighted by molar-refractivity contribution is 5.90. The maximum Gasteiger partial charge on any atom is 0.229 e. The average molecular weight is 325 g/mol. The molecule has 124 valence electrons. The molecule has 3 aromatic rings. The number of nitrogens with zero attached hydrogens (tertiary/aromatic N) is 3. The molecule has 0 aliphatic rings. The number of rotatable bonds is 6. The topological polar surface area (TPSA) is 53.1 Å². The van der Waals surface area contributed by atoms with Crippen molar-refractivity contribution in [2.24, 2.45) is 0 Å². The molecule has 0 unspecified atom stereocenters. The lowest BCUT2D eigenvalue weighted by atomic mass is 10.2. The molecular weight excluding hydrogens is 305 g/mol. The lowest BCUT2D eigenvalue weighted by Gasteiger charge is -2.14. The van der Waals surface area contributed by atoms with Crippen molar-refractivity contribution in [2.75, 3.05) is 37.8 Å². The minimum absolute atomic E-state index is 0.272. The van der Waals surface area contributed by atoms with Gasteiger partial charge in [0.2, 0.25) is 5.95 Å². The zero-order valence-corrected chi connectivity index (χ0v) is 13.8. The molecule has 0 spiro atoms. The first-order valence-electron chi connectivity index (χ1n) is 7.80. The molecule has 3 rings (SSSR count). The molecular formula is C18H20FN5. The molecule has 0 fully saturated rings. The van der Waals surface area contributed by atoms with Gasteiger partial charge in [0.05, 0.1) is 5.52 Å². The normalized spacial score (nSPS) is 11.0. The third kappa shape index (κ3) is 3.97. The molecule has 2 N–H and O–H groups in total. The van der Waals surface area contributed by atoms with Crippen molar-refractivity contribution in [1.29, 1.82) is 0 Å². The van der Waals surface area contributed by atoms with Gasteiger partial charge in [-0.1, -0.05) is 12.1 Å². The Morgan fingerprint density at radius 1 is 1.00 bits per heavy atom. The average Bonchev–Trinajstić information content (AvgIpc) is 2.56. The van der Waals surface area contributed by atoms with Gasteiger partial charge < -0.3 is 15.5 Å². The molecule has 0 radical (unpaired) electrons. The Morgan fingerprint density at radius 3 is 2.50 bits per heavy atom. The number of likely N-dealkylation sites (N-methyl/N-ethyl adjacent to an activating group) is 1. The van der Waals surface area contributed by atoms with Crippen LogP contribution in [-0.4, -0.2) is 42.1 Å². The SMILES string of the molecule is CN(C)CCNc1nc(Nc2ccc(F)cc2)nc2ccccc12. The van der Waals surface area contributed by atoms with Gasteiger partial charge in [-0.2, -0.15) is 4.98 Å². The van der Waals surface area contributed by atoms with Crippen molar-refractivity contribution in [3.63, 3.8) is 0 Å². The lowest BCUT2D eigenvalue weighted by molar-refractivity contribution is 0.425. The Kier molecular flexibility index (Phi) is 4.86. The number of fused-ring (bicyclic) bond motifs is 1. The number of aromatic nitrogens is 2. The van der Waals surface area contributed by atoms with Gasteiger partial charge in [-0.15, -0.1) is 0 Å². The predicted molar refractivity (Wildman–Crippen MR) is 96.3 cm³/mol. The van der Waals surface area contributed by atoms with E-state index in [1.807, 2.05) is 38.4 Å². The molecule has 1 aromatic heterocycles. The van der Waals surface area contributed by atoms with Crippen LogP contribution < -0.4 is 10.6 Å². The van der Waals surface area contributed by atoms with Crippen LogP contribution in [0, 0.1) is 5.82 Å². The standard InChI is InChI=1S/C18H20FN5/c1-24(2)12-11-20-17-15-5-3-4-6-16(15)22-18(23-17)21-14-9-7-13(19)8-10-14/h3-10H,11-12H2,1-2H3,(H2,20,21,22,23). The van der Waals surface area contributed by atoms with Crippen LogP contribution >= 0.6 is 0 Å². The van der Waals surface area contributed by atoms with Gasteiger partial charge in [-0.25, -0.2) is 9.37 Å². The van der Waals surface area contributed by atoms with Gasteiger partial charge in [-0.05, 0) is 50.5 Å². The van der Waals surface area contributed by atoms with E-state index in [2.05, 4.69) is 25.5 Å². The molecule has 1 heterocycles. The molecule has 0 saturated carbocycles. The summed E-state index contributed by atoms with van der Waals surface area (Å²) in [6.45, 7) is 1.68. The second-order valence-electron chi connectivity index (χ2n) is 5.77. The summed E-state index contributed by atoms with van der Waals surface area (Å²) < 4.78 is 13.0. The van der Waals surface area contributed by atoms with Crippen molar-refractivity contribution in [3.05, 3.63) is 54.3 Å². The van der Waals surface area contributed by atoms with E-state index in [0.29, 0.717) is 5.95 Å². The fraction of sp³-hybridized carbons (Fsp3) is 0.222. The molecule has 0 bridgehead atoms. The van der Waals surface area contributed by atoms with Crippen molar-refractivity contribution in [1.82, 2.24) is 14.9 Å². The van der Waals surface area contributed by atoms with Crippen molar-refractivity contribution in [3.8, 4) is 0 Å². The highest BCUT2D eigenvalue weighted by Gasteiger charge is 2.08. The van der Waals surface area contributed by atoms with Gasteiger partial charge in [0.25, 0.3) is 0 Å². The fourth-order valence-corrected chi connectivity index (χ4v) is 2.33. The first-order valence-corrected chi connectivity index (χ1v) is 7.80. The van der Waals surface area contributed by atoms with Crippen LogP contribution in [0.1, 0.15) is 0 Å². The third-order valence-electron chi connectivity index (χ3n) is 3.56. The van der Waals surface area contributed by atoms with E-state index in [1.54, 1.807) is 12.1 Å². The molecule has 24 heavy (non-hydrogen) atoms. The number of halogens is 1. The van der Waals surface area contributed by atoms with Crippen LogP contribution in [0.2, 0.25) is 0 Å². The smallest absolute Gasteiger partial charge is 0.229 e. The molecule has 0 aliphatic carbocycles. The van der Waals surface area contributed by atoms with Crippen LogP contribution in [0.4, 0.5) is 21.8 Å². The Morgan fingerprint density at radius 2 is 1.75 bits per heavy atom. The van der Waals surface area contributed by atoms with E-state index in [9.17, 15) is 4.39 Å². The molecule has 0 atom stereocenters. The van der Waals surface area contributed by atoms with E-state index in [1.165, 1.54) is 12.1 Å².